The summed E-state index contributed by atoms with van der Waals surface area (Å²) in [5.41, 5.74) is 2.07. The molecule has 0 aliphatic heterocycles. The van der Waals surface area contributed by atoms with E-state index in [1.807, 2.05) is 24.3 Å². The smallest absolute Gasteiger partial charge is 0.344 e. The van der Waals surface area contributed by atoms with Gasteiger partial charge in [0.2, 0.25) is 0 Å². The minimum absolute atomic E-state index is 0.341. The second kappa shape index (κ2) is 8.40. The zero-order valence-electron chi connectivity index (χ0n) is 17.7. The van der Waals surface area contributed by atoms with Gasteiger partial charge >= 0.3 is 5.63 Å². The van der Waals surface area contributed by atoms with Crippen LogP contribution in [-0.2, 0) is 0 Å². The van der Waals surface area contributed by atoms with E-state index < -0.39 is 5.63 Å². The number of anilines is 1. The van der Waals surface area contributed by atoms with Gasteiger partial charge in [0, 0.05) is 17.0 Å². The van der Waals surface area contributed by atoms with Crippen molar-refractivity contribution >= 4 is 43.6 Å². The summed E-state index contributed by atoms with van der Waals surface area (Å²) in [7, 11) is 3.13. The molecule has 3 aromatic carbocycles. The first-order valence-electron chi connectivity index (χ1n) is 10.0. The normalized spacial score (nSPS) is 11.0. The molecule has 0 radical (unpaired) electrons. The predicted octanol–water partition coefficient (Wildman–Crippen LogP) is 5.34. The van der Waals surface area contributed by atoms with Crippen molar-refractivity contribution in [3.8, 4) is 22.6 Å². The van der Waals surface area contributed by atoms with E-state index in [4.69, 9.17) is 13.9 Å². The van der Waals surface area contributed by atoms with Gasteiger partial charge in [-0.1, -0.05) is 41.7 Å². The van der Waals surface area contributed by atoms with Crippen molar-refractivity contribution in [3.63, 3.8) is 0 Å². The number of ether oxygens (including phenoxy) is 2. The summed E-state index contributed by atoms with van der Waals surface area (Å²) in [6, 6.07) is 19.5. The van der Waals surface area contributed by atoms with E-state index in [0.717, 1.165) is 10.1 Å². The first-order chi connectivity index (χ1) is 16.1. The second-order valence-corrected chi connectivity index (χ2v) is 8.25. The summed E-state index contributed by atoms with van der Waals surface area (Å²) < 4.78 is 16.9. The van der Waals surface area contributed by atoms with Gasteiger partial charge in [-0.15, -0.1) is 0 Å². The van der Waals surface area contributed by atoms with Gasteiger partial charge < -0.3 is 13.9 Å². The van der Waals surface area contributed by atoms with Crippen molar-refractivity contribution in [3.05, 3.63) is 82.7 Å². The van der Waals surface area contributed by atoms with Crippen LogP contribution < -0.4 is 20.4 Å². The summed E-state index contributed by atoms with van der Waals surface area (Å²) in [4.78, 5) is 30.0. The van der Waals surface area contributed by atoms with E-state index in [2.05, 4.69) is 10.3 Å². The topological polar surface area (TPSA) is 90.7 Å². The van der Waals surface area contributed by atoms with Crippen LogP contribution in [0.15, 0.2) is 75.9 Å². The average molecular weight is 458 g/mol. The molecule has 33 heavy (non-hydrogen) atoms. The number of nitrogens with zero attached hydrogens (tertiary/aromatic N) is 1. The van der Waals surface area contributed by atoms with E-state index in [1.165, 1.54) is 11.3 Å². The van der Waals surface area contributed by atoms with Crippen LogP contribution in [0.5, 0.6) is 11.5 Å². The number of aromatic nitrogens is 1. The molecule has 7 nitrogen and oxygen atoms in total. The Hall–Kier alpha value is -4.17. The average Bonchev–Trinajstić information content (AvgIpc) is 3.25. The van der Waals surface area contributed by atoms with E-state index in [-0.39, 0.29) is 5.91 Å². The SMILES string of the molecule is COc1cc(OC)c2nc(NC(=O)c3cccc(-c4cc5ccccc5oc4=O)c3)sc2c1. The molecular formula is C25H18N2O5S. The molecule has 0 spiro atoms. The van der Waals surface area contributed by atoms with Gasteiger partial charge in [0.1, 0.15) is 22.6 Å². The standard InChI is InChI=1S/C25H18N2O5S/c1-30-17-12-20(31-2)22-21(13-17)33-25(26-22)27-23(28)16-8-5-7-14(10-16)18-11-15-6-3-4-9-19(15)32-24(18)29/h3-13H,1-2H3,(H,26,27,28). The Morgan fingerprint density at radius 2 is 1.85 bits per heavy atom. The Balaban J connectivity index is 1.47. The summed E-state index contributed by atoms with van der Waals surface area (Å²) in [6.45, 7) is 0. The molecular weight excluding hydrogens is 440 g/mol. The highest BCUT2D eigenvalue weighted by Crippen LogP contribution is 2.36. The number of benzene rings is 3. The van der Waals surface area contributed by atoms with E-state index in [1.54, 1.807) is 56.7 Å². The van der Waals surface area contributed by atoms with Crippen LogP contribution in [0.25, 0.3) is 32.3 Å². The predicted molar refractivity (Wildman–Crippen MR) is 129 cm³/mol. The Morgan fingerprint density at radius 3 is 2.67 bits per heavy atom. The van der Waals surface area contributed by atoms with Gasteiger partial charge in [-0.05, 0) is 35.9 Å². The number of para-hydroxylation sites is 1. The summed E-state index contributed by atoms with van der Waals surface area (Å²) >= 11 is 1.32. The zero-order valence-corrected chi connectivity index (χ0v) is 18.6. The lowest BCUT2D eigenvalue weighted by molar-refractivity contribution is 0.102. The lowest BCUT2D eigenvalue weighted by atomic mass is 10.0. The van der Waals surface area contributed by atoms with Crippen molar-refractivity contribution in [1.82, 2.24) is 4.98 Å². The lowest BCUT2D eigenvalue weighted by Crippen LogP contribution is -2.12. The van der Waals surface area contributed by atoms with Gasteiger partial charge in [-0.2, -0.15) is 0 Å². The van der Waals surface area contributed by atoms with Crippen LogP contribution in [-0.4, -0.2) is 25.1 Å². The van der Waals surface area contributed by atoms with E-state index in [0.29, 0.717) is 44.4 Å². The third-order valence-electron chi connectivity index (χ3n) is 5.19. The van der Waals surface area contributed by atoms with Gasteiger partial charge in [-0.25, -0.2) is 9.78 Å². The third kappa shape index (κ3) is 3.92. The van der Waals surface area contributed by atoms with Crippen molar-refractivity contribution in [1.29, 1.82) is 0 Å². The summed E-state index contributed by atoms with van der Waals surface area (Å²) in [6.07, 6.45) is 0. The maximum atomic E-state index is 12.9. The van der Waals surface area contributed by atoms with Crippen LogP contribution in [0.4, 0.5) is 5.13 Å². The zero-order chi connectivity index (χ0) is 22.9. The molecule has 0 fully saturated rings. The number of amides is 1. The van der Waals surface area contributed by atoms with Crippen molar-refractivity contribution in [2.75, 3.05) is 19.5 Å². The monoisotopic (exact) mass is 458 g/mol. The van der Waals surface area contributed by atoms with Crippen molar-refractivity contribution < 1.29 is 18.7 Å². The van der Waals surface area contributed by atoms with E-state index in [9.17, 15) is 9.59 Å². The van der Waals surface area contributed by atoms with Gasteiger partial charge in [0.25, 0.3) is 5.91 Å². The lowest BCUT2D eigenvalue weighted by Gasteiger charge is -2.06. The molecule has 0 bridgehead atoms. The molecule has 0 aliphatic rings. The molecule has 8 heteroatoms. The molecule has 0 unspecified atom stereocenters. The number of hydrogen-bond acceptors (Lipinski definition) is 7. The van der Waals surface area contributed by atoms with E-state index >= 15 is 0 Å². The molecule has 0 aliphatic carbocycles. The van der Waals surface area contributed by atoms with Crippen molar-refractivity contribution in [2.45, 2.75) is 0 Å². The number of thiazole rings is 1. The molecule has 2 aromatic heterocycles. The molecule has 0 saturated heterocycles. The molecule has 5 aromatic rings. The first-order valence-corrected chi connectivity index (χ1v) is 10.8. The highest BCUT2D eigenvalue weighted by molar-refractivity contribution is 7.22. The quantitative estimate of drug-likeness (QED) is 0.358. The number of hydrogen-bond donors (Lipinski definition) is 1. The summed E-state index contributed by atoms with van der Waals surface area (Å²) in [5.74, 6) is 0.862. The Labute approximate surface area is 192 Å². The molecule has 2 heterocycles. The Bertz CT molecular complexity index is 1570. The minimum Gasteiger partial charge on any atom is -0.497 e. The highest BCUT2D eigenvalue weighted by atomic mass is 32.1. The van der Waals surface area contributed by atoms with Gasteiger partial charge in [0.15, 0.2) is 5.13 Å². The Morgan fingerprint density at radius 1 is 1.00 bits per heavy atom. The maximum Gasteiger partial charge on any atom is 0.344 e. The number of carbonyl (C=O) groups excluding carboxylic acids is 1. The molecule has 164 valence electrons. The third-order valence-corrected chi connectivity index (χ3v) is 6.10. The van der Waals surface area contributed by atoms with Crippen LogP contribution in [0, 0.1) is 0 Å². The maximum absolute atomic E-state index is 12.9. The minimum atomic E-state index is -0.460. The fourth-order valence-corrected chi connectivity index (χ4v) is 4.47. The highest BCUT2D eigenvalue weighted by Gasteiger charge is 2.15. The fraction of sp³-hybridized carbons (Fsp3) is 0.0800. The Kier molecular flexibility index (Phi) is 5.27. The van der Waals surface area contributed by atoms with Crippen molar-refractivity contribution in [2.24, 2.45) is 0 Å². The second-order valence-electron chi connectivity index (χ2n) is 7.22. The van der Waals surface area contributed by atoms with Crippen LogP contribution in [0.2, 0.25) is 0 Å². The number of carbonyl (C=O) groups is 1. The van der Waals surface area contributed by atoms with Gasteiger partial charge in [-0.3, -0.25) is 10.1 Å². The van der Waals surface area contributed by atoms with Crippen LogP contribution in [0.3, 0.4) is 0 Å². The number of fused-ring (bicyclic) bond motifs is 2. The number of methoxy groups -OCH3 is 2. The largest absolute Gasteiger partial charge is 0.497 e. The molecule has 0 atom stereocenters. The summed E-state index contributed by atoms with van der Waals surface area (Å²) in [5, 5.41) is 4.06. The number of nitrogens with one attached hydrogen (secondary N) is 1. The molecule has 1 amide bonds. The first kappa shape index (κ1) is 20.7. The fourth-order valence-electron chi connectivity index (χ4n) is 3.56. The molecule has 1 N–H and O–H groups in total. The van der Waals surface area contributed by atoms with Crippen LogP contribution >= 0.6 is 11.3 Å². The molecule has 0 saturated carbocycles. The van der Waals surface area contributed by atoms with Crippen LogP contribution in [0.1, 0.15) is 10.4 Å². The molecule has 5 rings (SSSR count). The van der Waals surface area contributed by atoms with Gasteiger partial charge in [0.05, 0.1) is 24.5 Å². The number of rotatable bonds is 5.